The highest BCUT2D eigenvalue weighted by atomic mass is 15.3. The van der Waals surface area contributed by atoms with Crippen LogP contribution in [0, 0.1) is 6.92 Å². The van der Waals surface area contributed by atoms with Crippen molar-refractivity contribution in [1.82, 2.24) is 29.4 Å². The Labute approximate surface area is 184 Å². The Balaban J connectivity index is 1.47. The van der Waals surface area contributed by atoms with E-state index in [9.17, 15) is 0 Å². The quantitative estimate of drug-likeness (QED) is 0.647. The molecule has 162 valence electrons. The number of pyridine rings is 1. The summed E-state index contributed by atoms with van der Waals surface area (Å²) in [5.74, 6) is 1.97. The number of piperidine rings is 1. The first-order valence-corrected chi connectivity index (χ1v) is 11.3. The van der Waals surface area contributed by atoms with Crippen LogP contribution < -0.4 is 4.90 Å². The molecule has 5 heterocycles. The molecule has 3 aromatic heterocycles. The van der Waals surface area contributed by atoms with E-state index in [1.807, 2.05) is 30.7 Å². The van der Waals surface area contributed by atoms with Crippen LogP contribution in [0.4, 0.5) is 5.95 Å². The zero-order valence-electron chi connectivity index (χ0n) is 18.7. The van der Waals surface area contributed by atoms with Crippen LogP contribution in [0.25, 0.3) is 0 Å². The number of aryl methyl sites for hydroxylation is 1. The number of imidazole rings is 1. The maximum atomic E-state index is 5.16. The molecule has 1 saturated heterocycles. The molecular formula is C24H31N7. The van der Waals surface area contributed by atoms with Crippen LogP contribution in [-0.4, -0.2) is 49.0 Å². The fourth-order valence-corrected chi connectivity index (χ4v) is 5.44. The zero-order valence-corrected chi connectivity index (χ0v) is 18.7. The van der Waals surface area contributed by atoms with Gasteiger partial charge in [-0.2, -0.15) is 0 Å². The highest BCUT2D eigenvalue weighted by Crippen LogP contribution is 2.43. The van der Waals surface area contributed by atoms with Gasteiger partial charge in [0.25, 0.3) is 0 Å². The molecule has 0 saturated carbocycles. The van der Waals surface area contributed by atoms with Crippen molar-refractivity contribution in [2.45, 2.75) is 58.2 Å². The normalized spacial score (nSPS) is 18.5. The maximum absolute atomic E-state index is 5.16. The van der Waals surface area contributed by atoms with Gasteiger partial charge in [0.2, 0.25) is 5.95 Å². The predicted molar refractivity (Wildman–Crippen MR) is 121 cm³/mol. The largest absolute Gasteiger partial charge is 0.341 e. The molecule has 7 heteroatoms. The summed E-state index contributed by atoms with van der Waals surface area (Å²) in [6.45, 7) is 11.4. The molecule has 5 rings (SSSR count). The Hall–Kier alpha value is -2.80. The number of rotatable bonds is 4. The minimum absolute atomic E-state index is 0.0680. The van der Waals surface area contributed by atoms with E-state index in [-0.39, 0.29) is 5.41 Å². The molecule has 0 bridgehead atoms. The molecular weight excluding hydrogens is 386 g/mol. The van der Waals surface area contributed by atoms with E-state index in [2.05, 4.69) is 62.2 Å². The van der Waals surface area contributed by atoms with E-state index in [0.29, 0.717) is 6.04 Å². The number of hydrogen-bond acceptors (Lipinski definition) is 6. The lowest BCUT2D eigenvalue weighted by Gasteiger charge is -2.47. The summed E-state index contributed by atoms with van der Waals surface area (Å²) < 4.78 is 2.44. The first-order chi connectivity index (χ1) is 15.1. The van der Waals surface area contributed by atoms with Crippen molar-refractivity contribution < 1.29 is 0 Å². The van der Waals surface area contributed by atoms with Crippen LogP contribution in [0.5, 0.6) is 0 Å². The van der Waals surface area contributed by atoms with Gasteiger partial charge in [0.15, 0.2) is 0 Å². The number of aromatic nitrogens is 5. The van der Waals surface area contributed by atoms with Gasteiger partial charge in [0.1, 0.15) is 5.82 Å². The van der Waals surface area contributed by atoms with Crippen molar-refractivity contribution in [1.29, 1.82) is 0 Å². The van der Waals surface area contributed by atoms with E-state index >= 15 is 0 Å². The molecule has 0 aliphatic carbocycles. The van der Waals surface area contributed by atoms with E-state index < -0.39 is 0 Å². The predicted octanol–water partition coefficient (Wildman–Crippen LogP) is 3.51. The number of nitrogens with zero attached hydrogens (tertiary/aromatic N) is 7. The standard InChI is InChI=1S/C24H31N7/c1-18(2)31-19(3)28-22-21(31)16-29(15-20-7-4-5-10-25-20)17-24(22)8-13-30(14-9-24)23-26-11-6-12-27-23/h4-7,10-12,18H,8-9,13-17H2,1-3H3. The lowest BCUT2D eigenvalue weighted by atomic mass is 9.72. The van der Waals surface area contributed by atoms with Gasteiger partial charge in [-0.3, -0.25) is 9.88 Å². The molecule has 0 unspecified atom stereocenters. The Morgan fingerprint density at radius 2 is 1.74 bits per heavy atom. The number of anilines is 1. The van der Waals surface area contributed by atoms with Crippen molar-refractivity contribution in [3.8, 4) is 0 Å². The summed E-state index contributed by atoms with van der Waals surface area (Å²) in [5.41, 5.74) is 3.91. The average Bonchev–Trinajstić information content (AvgIpc) is 3.12. The van der Waals surface area contributed by atoms with Gasteiger partial charge in [-0.25, -0.2) is 15.0 Å². The van der Waals surface area contributed by atoms with E-state index in [4.69, 9.17) is 4.98 Å². The van der Waals surface area contributed by atoms with Crippen molar-refractivity contribution >= 4 is 5.95 Å². The average molecular weight is 418 g/mol. The fourth-order valence-electron chi connectivity index (χ4n) is 5.44. The Morgan fingerprint density at radius 3 is 2.42 bits per heavy atom. The second kappa shape index (κ2) is 8.04. The summed E-state index contributed by atoms with van der Waals surface area (Å²) >= 11 is 0. The van der Waals surface area contributed by atoms with Crippen molar-refractivity contribution in [2.75, 3.05) is 24.5 Å². The van der Waals surface area contributed by atoms with E-state index in [1.54, 1.807) is 0 Å². The van der Waals surface area contributed by atoms with Crippen molar-refractivity contribution in [2.24, 2.45) is 0 Å². The molecule has 0 atom stereocenters. The molecule has 31 heavy (non-hydrogen) atoms. The molecule has 0 radical (unpaired) electrons. The highest BCUT2D eigenvalue weighted by molar-refractivity contribution is 5.36. The second-order valence-electron chi connectivity index (χ2n) is 9.20. The smallest absolute Gasteiger partial charge is 0.225 e. The van der Waals surface area contributed by atoms with E-state index in [1.165, 1.54) is 11.4 Å². The third-order valence-electron chi connectivity index (χ3n) is 6.77. The topological polar surface area (TPSA) is 63.0 Å². The number of hydrogen-bond donors (Lipinski definition) is 0. The van der Waals surface area contributed by atoms with Gasteiger partial charge in [-0.1, -0.05) is 6.07 Å². The third kappa shape index (κ3) is 3.71. The molecule has 2 aliphatic heterocycles. The first-order valence-electron chi connectivity index (χ1n) is 11.3. The summed E-state index contributed by atoms with van der Waals surface area (Å²) in [7, 11) is 0. The minimum atomic E-state index is 0.0680. The molecule has 0 aromatic carbocycles. The summed E-state index contributed by atoms with van der Waals surface area (Å²) in [5, 5.41) is 0. The van der Waals surface area contributed by atoms with E-state index in [0.717, 1.165) is 63.0 Å². The van der Waals surface area contributed by atoms with Gasteiger partial charge in [0, 0.05) is 62.8 Å². The van der Waals surface area contributed by atoms with Crippen LogP contribution in [0.15, 0.2) is 42.9 Å². The molecule has 2 aliphatic rings. The van der Waals surface area contributed by atoms with Crippen LogP contribution in [0.3, 0.4) is 0 Å². The first kappa shape index (κ1) is 20.1. The molecule has 7 nitrogen and oxygen atoms in total. The molecule has 0 amide bonds. The molecule has 1 spiro atoms. The monoisotopic (exact) mass is 417 g/mol. The van der Waals surface area contributed by atoms with Crippen LogP contribution in [0.1, 0.15) is 55.6 Å². The van der Waals surface area contributed by atoms with Gasteiger partial charge >= 0.3 is 0 Å². The van der Waals surface area contributed by atoms with Gasteiger partial charge in [0.05, 0.1) is 17.1 Å². The fraction of sp³-hybridized carbons (Fsp3) is 0.500. The minimum Gasteiger partial charge on any atom is -0.341 e. The van der Waals surface area contributed by atoms with Crippen LogP contribution >= 0.6 is 0 Å². The maximum Gasteiger partial charge on any atom is 0.225 e. The van der Waals surface area contributed by atoms with Gasteiger partial charge < -0.3 is 9.47 Å². The Bertz CT molecular complexity index is 1020. The van der Waals surface area contributed by atoms with Crippen LogP contribution in [-0.2, 0) is 18.5 Å². The lowest BCUT2D eigenvalue weighted by molar-refractivity contribution is 0.136. The summed E-state index contributed by atoms with van der Waals surface area (Å²) in [6, 6.07) is 8.47. The van der Waals surface area contributed by atoms with Crippen LogP contribution in [0.2, 0.25) is 0 Å². The van der Waals surface area contributed by atoms with Crippen molar-refractivity contribution in [3.05, 3.63) is 65.8 Å². The Morgan fingerprint density at radius 1 is 1.00 bits per heavy atom. The molecule has 3 aromatic rings. The zero-order chi connectivity index (χ0) is 21.4. The second-order valence-corrected chi connectivity index (χ2v) is 9.20. The Kier molecular flexibility index (Phi) is 5.22. The highest BCUT2D eigenvalue weighted by Gasteiger charge is 2.45. The molecule has 1 fully saturated rings. The van der Waals surface area contributed by atoms with Crippen molar-refractivity contribution in [3.63, 3.8) is 0 Å². The van der Waals surface area contributed by atoms with Gasteiger partial charge in [-0.05, 0) is 51.8 Å². The summed E-state index contributed by atoms with van der Waals surface area (Å²) in [4.78, 5) is 23.6. The van der Waals surface area contributed by atoms with Gasteiger partial charge in [-0.15, -0.1) is 0 Å². The number of fused-ring (bicyclic) bond motifs is 2. The SMILES string of the molecule is Cc1nc2c(n1C(C)C)CN(Cc1ccccn1)CC21CCN(c2ncccn2)CC1. The molecule has 0 N–H and O–H groups in total. The third-order valence-corrected chi connectivity index (χ3v) is 6.77. The lowest BCUT2D eigenvalue weighted by Crippen LogP contribution is -2.52. The summed E-state index contributed by atoms with van der Waals surface area (Å²) in [6.07, 6.45) is 7.67.